The minimum atomic E-state index is -0.777. The Labute approximate surface area is 106 Å². The third-order valence-electron chi connectivity index (χ3n) is 3.77. The van der Waals surface area contributed by atoms with Crippen LogP contribution in [-0.4, -0.2) is 53.3 Å². The van der Waals surface area contributed by atoms with Crippen molar-refractivity contribution in [3.8, 4) is 0 Å². The minimum absolute atomic E-state index is 0.104. The first kappa shape index (κ1) is 13.0. The SMILES string of the molecule is CC1C(=O)NC(=O)N(CC(C)N(C)C2CC2)C1=O. The molecule has 0 spiro atoms. The van der Waals surface area contributed by atoms with Crippen molar-refractivity contribution in [3.63, 3.8) is 0 Å². The van der Waals surface area contributed by atoms with Gasteiger partial charge in [0.15, 0.2) is 0 Å². The Kier molecular flexibility index (Phi) is 3.38. The second-order valence-electron chi connectivity index (χ2n) is 5.21. The molecule has 6 nitrogen and oxygen atoms in total. The van der Waals surface area contributed by atoms with Crippen LogP contribution in [0.4, 0.5) is 4.79 Å². The molecule has 6 heteroatoms. The molecular weight excluding hydrogens is 234 g/mol. The number of likely N-dealkylation sites (N-methyl/N-ethyl adjacent to an activating group) is 1. The van der Waals surface area contributed by atoms with Crippen LogP contribution in [0.5, 0.6) is 0 Å². The van der Waals surface area contributed by atoms with Gasteiger partial charge in [0, 0.05) is 18.6 Å². The summed E-state index contributed by atoms with van der Waals surface area (Å²) >= 11 is 0. The molecule has 2 unspecified atom stereocenters. The van der Waals surface area contributed by atoms with E-state index in [1.807, 2.05) is 14.0 Å². The molecule has 100 valence electrons. The molecule has 2 fully saturated rings. The molecule has 0 radical (unpaired) electrons. The van der Waals surface area contributed by atoms with Crippen molar-refractivity contribution >= 4 is 17.8 Å². The molecule has 0 aromatic rings. The standard InChI is InChI=1S/C12H19N3O3/c1-7(14(3)9-4-5-9)6-15-11(17)8(2)10(16)13-12(15)18/h7-9H,4-6H2,1-3H3,(H,13,16,18). The number of hydrogen-bond acceptors (Lipinski definition) is 4. The molecule has 0 bridgehead atoms. The topological polar surface area (TPSA) is 69.7 Å². The zero-order chi connectivity index (χ0) is 13.4. The van der Waals surface area contributed by atoms with E-state index in [1.165, 1.54) is 19.8 Å². The highest BCUT2D eigenvalue weighted by Gasteiger charge is 2.39. The predicted octanol–water partition coefficient (Wildman–Crippen LogP) is 0.184. The fourth-order valence-corrected chi connectivity index (χ4v) is 2.13. The Hall–Kier alpha value is -1.43. The summed E-state index contributed by atoms with van der Waals surface area (Å²) in [7, 11) is 2.00. The van der Waals surface area contributed by atoms with E-state index in [4.69, 9.17) is 0 Å². The molecule has 2 aliphatic rings. The van der Waals surface area contributed by atoms with Crippen LogP contribution in [-0.2, 0) is 9.59 Å². The maximum Gasteiger partial charge on any atom is 0.330 e. The van der Waals surface area contributed by atoms with E-state index in [9.17, 15) is 14.4 Å². The smallest absolute Gasteiger partial charge is 0.299 e. The lowest BCUT2D eigenvalue weighted by Gasteiger charge is -2.33. The van der Waals surface area contributed by atoms with Gasteiger partial charge in [-0.3, -0.25) is 24.7 Å². The van der Waals surface area contributed by atoms with Crippen LogP contribution in [0.15, 0.2) is 0 Å². The maximum atomic E-state index is 11.9. The summed E-state index contributed by atoms with van der Waals surface area (Å²) in [6.45, 7) is 3.83. The van der Waals surface area contributed by atoms with Gasteiger partial charge in [-0.25, -0.2) is 4.79 Å². The van der Waals surface area contributed by atoms with Crippen molar-refractivity contribution in [3.05, 3.63) is 0 Å². The van der Waals surface area contributed by atoms with Gasteiger partial charge in [-0.1, -0.05) is 0 Å². The first-order chi connectivity index (χ1) is 8.41. The summed E-state index contributed by atoms with van der Waals surface area (Å²) in [5, 5.41) is 2.21. The Balaban J connectivity index is 2.00. The maximum absolute atomic E-state index is 11.9. The number of amides is 4. The molecule has 0 aromatic carbocycles. The van der Waals surface area contributed by atoms with Gasteiger partial charge >= 0.3 is 6.03 Å². The van der Waals surface area contributed by atoms with E-state index in [0.29, 0.717) is 12.6 Å². The van der Waals surface area contributed by atoms with E-state index >= 15 is 0 Å². The van der Waals surface area contributed by atoms with Crippen molar-refractivity contribution in [1.29, 1.82) is 0 Å². The number of barbiturate groups is 1. The lowest BCUT2D eigenvalue weighted by molar-refractivity contribution is -0.142. The second-order valence-corrected chi connectivity index (χ2v) is 5.21. The van der Waals surface area contributed by atoms with Crippen LogP contribution in [0.2, 0.25) is 0 Å². The van der Waals surface area contributed by atoms with Crippen molar-refractivity contribution in [2.45, 2.75) is 38.8 Å². The number of imide groups is 2. The fourth-order valence-electron chi connectivity index (χ4n) is 2.13. The molecule has 1 aliphatic heterocycles. The highest BCUT2D eigenvalue weighted by atomic mass is 16.2. The third kappa shape index (κ3) is 2.38. The Morgan fingerprint density at radius 1 is 1.39 bits per heavy atom. The Bertz CT molecular complexity index is 392. The number of urea groups is 1. The van der Waals surface area contributed by atoms with Crippen molar-refractivity contribution in [1.82, 2.24) is 15.1 Å². The fraction of sp³-hybridized carbons (Fsp3) is 0.750. The summed E-state index contributed by atoms with van der Waals surface area (Å²) in [5.74, 6) is -1.69. The van der Waals surface area contributed by atoms with E-state index in [2.05, 4.69) is 10.2 Å². The van der Waals surface area contributed by atoms with Crippen molar-refractivity contribution in [2.24, 2.45) is 5.92 Å². The largest absolute Gasteiger partial charge is 0.330 e. The van der Waals surface area contributed by atoms with E-state index in [-0.39, 0.29) is 6.04 Å². The number of rotatable bonds is 4. The zero-order valence-electron chi connectivity index (χ0n) is 11.0. The molecule has 1 saturated heterocycles. The normalized spacial score (nSPS) is 26.6. The highest BCUT2D eigenvalue weighted by Crippen LogP contribution is 2.27. The summed E-state index contributed by atoms with van der Waals surface area (Å²) in [6, 6.07) is 0.0776. The minimum Gasteiger partial charge on any atom is -0.299 e. The summed E-state index contributed by atoms with van der Waals surface area (Å²) in [5.41, 5.74) is 0. The van der Waals surface area contributed by atoms with E-state index in [1.54, 1.807) is 0 Å². The molecule has 1 aliphatic carbocycles. The van der Waals surface area contributed by atoms with Gasteiger partial charge in [0.25, 0.3) is 0 Å². The quantitative estimate of drug-likeness (QED) is 0.726. The summed E-state index contributed by atoms with van der Waals surface area (Å²) < 4.78 is 0. The molecule has 1 heterocycles. The van der Waals surface area contributed by atoms with Crippen LogP contribution < -0.4 is 5.32 Å². The first-order valence-electron chi connectivity index (χ1n) is 6.30. The van der Waals surface area contributed by atoms with Gasteiger partial charge in [0.05, 0.1) is 0 Å². The highest BCUT2D eigenvalue weighted by molar-refractivity contribution is 6.15. The molecule has 4 amide bonds. The third-order valence-corrected chi connectivity index (χ3v) is 3.77. The molecule has 2 atom stereocenters. The molecule has 1 saturated carbocycles. The van der Waals surface area contributed by atoms with Gasteiger partial charge in [0.2, 0.25) is 11.8 Å². The van der Waals surface area contributed by atoms with Crippen LogP contribution in [0.25, 0.3) is 0 Å². The Morgan fingerprint density at radius 3 is 2.56 bits per heavy atom. The number of carbonyl (C=O) groups excluding carboxylic acids is 3. The number of nitrogens with zero attached hydrogens (tertiary/aromatic N) is 2. The number of carbonyl (C=O) groups is 3. The van der Waals surface area contributed by atoms with Crippen molar-refractivity contribution < 1.29 is 14.4 Å². The van der Waals surface area contributed by atoms with Gasteiger partial charge in [-0.05, 0) is 33.7 Å². The van der Waals surface area contributed by atoms with Gasteiger partial charge < -0.3 is 0 Å². The molecule has 2 rings (SSSR count). The molecule has 18 heavy (non-hydrogen) atoms. The lowest BCUT2D eigenvalue weighted by Crippen LogP contribution is -2.59. The molecule has 1 N–H and O–H groups in total. The van der Waals surface area contributed by atoms with Gasteiger partial charge in [0.1, 0.15) is 5.92 Å². The average molecular weight is 253 g/mol. The van der Waals surface area contributed by atoms with Crippen LogP contribution in [0.3, 0.4) is 0 Å². The summed E-state index contributed by atoms with van der Waals surface area (Å²) in [6.07, 6.45) is 2.35. The monoisotopic (exact) mass is 253 g/mol. The molecular formula is C12H19N3O3. The lowest BCUT2D eigenvalue weighted by atomic mass is 10.1. The molecule has 0 aromatic heterocycles. The number of nitrogens with one attached hydrogen (secondary N) is 1. The zero-order valence-corrected chi connectivity index (χ0v) is 11.0. The predicted molar refractivity (Wildman–Crippen MR) is 64.7 cm³/mol. The van der Waals surface area contributed by atoms with E-state index < -0.39 is 23.8 Å². The summed E-state index contributed by atoms with van der Waals surface area (Å²) in [4.78, 5) is 38.2. The Morgan fingerprint density at radius 2 is 2.00 bits per heavy atom. The van der Waals surface area contributed by atoms with Crippen LogP contribution >= 0.6 is 0 Å². The van der Waals surface area contributed by atoms with Crippen LogP contribution in [0, 0.1) is 5.92 Å². The second kappa shape index (κ2) is 4.68. The first-order valence-corrected chi connectivity index (χ1v) is 6.30. The average Bonchev–Trinajstić information content (AvgIpc) is 3.14. The van der Waals surface area contributed by atoms with Crippen molar-refractivity contribution in [2.75, 3.05) is 13.6 Å². The van der Waals surface area contributed by atoms with Crippen LogP contribution in [0.1, 0.15) is 26.7 Å². The van der Waals surface area contributed by atoms with Gasteiger partial charge in [-0.2, -0.15) is 0 Å². The van der Waals surface area contributed by atoms with Gasteiger partial charge in [-0.15, -0.1) is 0 Å². The van der Waals surface area contributed by atoms with E-state index in [0.717, 1.165) is 4.90 Å². The number of hydrogen-bond donors (Lipinski definition) is 1.